The molecule has 58 heavy (non-hydrogen) atoms. The molecule has 3 atom stereocenters. The van der Waals surface area contributed by atoms with Crippen LogP contribution >= 0.6 is 0 Å². The minimum atomic E-state index is -0.931. The third-order valence-electron chi connectivity index (χ3n) is 11.2. The fraction of sp³-hybridized carbons (Fsp3) is 0.200. The second kappa shape index (κ2) is 16.9. The highest BCUT2D eigenvalue weighted by Gasteiger charge is 2.42. The smallest absolute Gasteiger partial charge is 0.351 e. The fourth-order valence-corrected chi connectivity index (χ4v) is 8.31. The van der Waals surface area contributed by atoms with Crippen LogP contribution < -0.4 is 20.5 Å². The molecular formula is C50H47N3O5. The maximum atomic E-state index is 14.1. The van der Waals surface area contributed by atoms with E-state index in [4.69, 9.17) is 18.9 Å². The van der Waals surface area contributed by atoms with Gasteiger partial charge >= 0.3 is 5.69 Å². The van der Waals surface area contributed by atoms with Gasteiger partial charge in [0.15, 0.2) is 0 Å². The lowest BCUT2D eigenvalue weighted by Crippen LogP contribution is -2.39. The monoisotopic (exact) mass is 769 g/mol. The van der Waals surface area contributed by atoms with Gasteiger partial charge in [0.1, 0.15) is 34.7 Å². The van der Waals surface area contributed by atoms with E-state index in [-0.39, 0.29) is 18.6 Å². The van der Waals surface area contributed by atoms with Crippen LogP contribution in [-0.2, 0) is 20.6 Å². The molecule has 8 nitrogen and oxygen atoms in total. The molecule has 0 bridgehead atoms. The van der Waals surface area contributed by atoms with E-state index in [9.17, 15) is 4.79 Å². The largest absolute Gasteiger partial charge is 0.497 e. The number of methoxy groups -OCH3 is 2. The van der Waals surface area contributed by atoms with Crippen molar-refractivity contribution in [1.82, 2.24) is 9.55 Å². The van der Waals surface area contributed by atoms with Gasteiger partial charge in [-0.3, -0.25) is 4.57 Å². The average molecular weight is 770 g/mol. The number of nitrogens with one attached hydrogen (secondary N) is 1. The Hall–Kier alpha value is -6.48. The number of nitrogens with zero attached hydrogens (tertiary/aromatic N) is 2. The van der Waals surface area contributed by atoms with Gasteiger partial charge in [0, 0.05) is 12.1 Å². The topological polar surface area (TPSA) is 83.8 Å². The van der Waals surface area contributed by atoms with Crippen molar-refractivity contribution in [3.8, 4) is 11.5 Å². The SMILES string of the molecule is COc1ccc(C(Nc2ccn([C@@H]3O[C@H](COC(c4ccccc4)(c4ccccc4)c4ccc(OC)cc4)C[C@@H]3C)c(=O)n2)(c2ccccc2)c2ccccc2)cc1. The van der Waals surface area contributed by atoms with Gasteiger partial charge in [-0.15, -0.1) is 0 Å². The summed E-state index contributed by atoms with van der Waals surface area (Å²) >= 11 is 0. The van der Waals surface area contributed by atoms with Crippen LogP contribution in [0.2, 0.25) is 0 Å². The van der Waals surface area contributed by atoms with Crippen LogP contribution in [-0.4, -0.2) is 36.5 Å². The zero-order valence-corrected chi connectivity index (χ0v) is 32.9. The highest BCUT2D eigenvalue weighted by atomic mass is 16.6. The van der Waals surface area contributed by atoms with Crippen LogP contribution in [0.3, 0.4) is 0 Å². The zero-order valence-electron chi connectivity index (χ0n) is 32.9. The first-order valence-electron chi connectivity index (χ1n) is 19.6. The summed E-state index contributed by atoms with van der Waals surface area (Å²) in [5.74, 6) is 1.97. The van der Waals surface area contributed by atoms with Gasteiger partial charge < -0.3 is 24.3 Å². The molecule has 292 valence electrons. The van der Waals surface area contributed by atoms with Gasteiger partial charge in [-0.2, -0.15) is 4.98 Å². The van der Waals surface area contributed by atoms with Crippen LogP contribution in [0, 0.1) is 5.92 Å². The predicted octanol–water partition coefficient (Wildman–Crippen LogP) is 9.60. The molecule has 1 aliphatic heterocycles. The Kier molecular flexibility index (Phi) is 11.2. The maximum Gasteiger partial charge on any atom is 0.351 e. The number of rotatable bonds is 14. The van der Waals surface area contributed by atoms with Gasteiger partial charge in [0.05, 0.1) is 26.9 Å². The van der Waals surface area contributed by atoms with E-state index in [0.717, 1.165) is 44.9 Å². The molecule has 6 aromatic carbocycles. The molecule has 8 heteroatoms. The molecule has 1 aliphatic rings. The molecule has 0 unspecified atom stereocenters. The molecule has 7 aromatic rings. The quantitative estimate of drug-likeness (QED) is 0.110. The zero-order chi connectivity index (χ0) is 40.0. The molecule has 1 aromatic heterocycles. The lowest BCUT2D eigenvalue weighted by atomic mass is 9.77. The van der Waals surface area contributed by atoms with Gasteiger partial charge in [0.25, 0.3) is 0 Å². The van der Waals surface area contributed by atoms with Crippen LogP contribution in [0.4, 0.5) is 5.82 Å². The van der Waals surface area contributed by atoms with E-state index in [1.54, 1.807) is 25.0 Å². The first-order valence-corrected chi connectivity index (χ1v) is 19.6. The van der Waals surface area contributed by atoms with Crippen molar-refractivity contribution in [2.24, 2.45) is 5.92 Å². The van der Waals surface area contributed by atoms with Crippen molar-refractivity contribution >= 4 is 5.82 Å². The molecule has 0 saturated carbocycles. The lowest BCUT2D eigenvalue weighted by Gasteiger charge is -2.37. The molecular weight excluding hydrogens is 723 g/mol. The summed E-state index contributed by atoms with van der Waals surface area (Å²) < 4.78 is 26.4. The Bertz CT molecular complexity index is 2360. The molecule has 0 aliphatic carbocycles. The van der Waals surface area contributed by atoms with Crippen molar-refractivity contribution in [3.05, 3.63) is 226 Å². The average Bonchev–Trinajstić information content (AvgIpc) is 3.66. The van der Waals surface area contributed by atoms with Crippen molar-refractivity contribution in [2.45, 2.75) is 36.8 Å². The second-order valence-electron chi connectivity index (χ2n) is 14.7. The van der Waals surface area contributed by atoms with Crippen LogP contribution in [0.5, 0.6) is 11.5 Å². The van der Waals surface area contributed by atoms with Crippen molar-refractivity contribution < 1.29 is 18.9 Å². The van der Waals surface area contributed by atoms with Crippen molar-refractivity contribution in [1.29, 1.82) is 0 Å². The van der Waals surface area contributed by atoms with Crippen LogP contribution in [0.1, 0.15) is 53.0 Å². The van der Waals surface area contributed by atoms with Crippen molar-refractivity contribution in [2.75, 3.05) is 26.1 Å². The Morgan fingerprint density at radius 2 is 1.05 bits per heavy atom. The van der Waals surface area contributed by atoms with E-state index < -0.39 is 23.1 Å². The van der Waals surface area contributed by atoms with Gasteiger partial charge in [0.2, 0.25) is 0 Å². The van der Waals surface area contributed by atoms with Crippen LogP contribution in [0.25, 0.3) is 0 Å². The molecule has 2 heterocycles. The summed E-state index contributed by atoms with van der Waals surface area (Å²) in [6, 6.07) is 58.8. The molecule has 1 N–H and O–H groups in total. The van der Waals surface area contributed by atoms with Gasteiger partial charge in [-0.1, -0.05) is 153 Å². The minimum absolute atomic E-state index is 0.0165. The van der Waals surface area contributed by atoms with E-state index in [1.165, 1.54) is 0 Å². The molecule has 1 saturated heterocycles. The highest BCUT2D eigenvalue weighted by Crippen LogP contribution is 2.44. The lowest BCUT2D eigenvalue weighted by molar-refractivity contribution is -0.0806. The normalized spacial score (nSPS) is 16.8. The third kappa shape index (κ3) is 7.40. The van der Waals surface area contributed by atoms with E-state index in [0.29, 0.717) is 12.2 Å². The number of anilines is 1. The first kappa shape index (κ1) is 38.4. The summed E-state index contributed by atoms with van der Waals surface area (Å²) in [6.07, 6.45) is 1.67. The number of hydrogen-bond acceptors (Lipinski definition) is 7. The Morgan fingerprint density at radius 3 is 1.52 bits per heavy atom. The maximum absolute atomic E-state index is 14.1. The Labute approximate surface area is 339 Å². The molecule has 1 fully saturated rings. The standard InChI is InChI=1S/C50H47N3O5/c1-36-34-45(35-57-50(40-20-12-6-13-21-40,41-22-14-7-15-23-41)42-26-30-44(56-3)31-27-42)58-47(36)53-33-32-46(51-48(53)54)52-49(37-16-8-4-9-17-37,38-18-10-5-11-19-38)39-24-28-43(55-2)29-25-39/h4-33,36,45,47H,34-35H2,1-3H3,(H,51,52,54)/t36-,45-,47+/m0/s1. The fourth-order valence-electron chi connectivity index (χ4n) is 8.31. The van der Waals surface area contributed by atoms with Gasteiger partial charge in [-0.05, 0) is 70.1 Å². The van der Waals surface area contributed by atoms with E-state index >= 15 is 0 Å². The second-order valence-corrected chi connectivity index (χ2v) is 14.7. The van der Waals surface area contributed by atoms with E-state index in [2.05, 4.69) is 77.9 Å². The molecule has 8 rings (SSSR count). The summed E-state index contributed by atoms with van der Waals surface area (Å²) in [6.45, 7) is 2.39. The molecule has 0 radical (unpaired) electrons. The number of benzene rings is 6. The highest BCUT2D eigenvalue weighted by molar-refractivity contribution is 5.58. The first-order chi connectivity index (χ1) is 28.4. The Balaban J connectivity index is 1.09. The Morgan fingerprint density at radius 1 is 0.621 bits per heavy atom. The summed E-state index contributed by atoms with van der Waals surface area (Å²) in [4.78, 5) is 18.7. The molecule has 0 spiro atoms. The van der Waals surface area contributed by atoms with Gasteiger partial charge in [-0.25, -0.2) is 4.79 Å². The summed E-state index contributed by atoms with van der Waals surface area (Å²) in [5.41, 5.74) is 3.68. The molecule has 0 amide bonds. The number of ether oxygens (including phenoxy) is 4. The third-order valence-corrected chi connectivity index (χ3v) is 11.2. The van der Waals surface area contributed by atoms with E-state index in [1.807, 2.05) is 115 Å². The minimum Gasteiger partial charge on any atom is -0.497 e. The number of hydrogen-bond donors (Lipinski definition) is 1. The number of aromatic nitrogens is 2. The van der Waals surface area contributed by atoms with Crippen LogP contribution in [0.15, 0.2) is 187 Å². The predicted molar refractivity (Wildman–Crippen MR) is 227 cm³/mol. The summed E-state index contributed by atoms with van der Waals surface area (Å²) in [5, 5.41) is 3.71. The van der Waals surface area contributed by atoms with Crippen molar-refractivity contribution in [3.63, 3.8) is 0 Å². The summed E-state index contributed by atoms with van der Waals surface area (Å²) in [7, 11) is 3.32.